The van der Waals surface area contributed by atoms with Crippen LogP contribution in [0.15, 0.2) is 33.2 Å². The average molecular weight is 270 g/mol. The van der Waals surface area contributed by atoms with Gasteiger partial charge in [0.05, 0.1) is 6.20 Å². The van der Waals surface area contributed by atoms with Gasteiger partial charge in [-0.2, -0.15) is 0 Å². The Hall–Kier alpha value is -1.07. The zero-order valence-electron chi connectivity index (χ0n) is 9.77. The number of aromatic nitrogens is 3. The maximum absolute atomic E-state index is 5.98. The largest absolute Gasteiger partial charge is 0.440 e. The fourth-order valence-corrected chi connectivity index (χ4v) is 2.08. The highest BCUT2D eigenvalue weighted by atomic mass is 35.5. The van der Waals surface area contributed by atoms with Gasteiger partial charge < -0.3 is 4.42 Å². The quantitative estimate of drug-likeness (QED) is 0.780. The third-order valence-electron chi connectivity index (χ3n) is 1.94. The summed E-state index contributed by atoms with van der Waals surface area (Å²) in [5.41, 5.74) is -0.142. The fraction of sp³-hybridized carbons (Fsp3) is 0.364. The van der Waals surface area contributed by atoms with Crippen molar-refractivity contribution >= 4 is 23.4 Å². The molecule has 0 fully saturated rings. The summed E-state index contributed by atoms with van der Waals surface area (Å²) in [5, 5.41) is 1.70. The molecular weight excluding hydrogens is 258 g/mol. The maximum atomic E-state index is 5.98. The van der Waals surface area contributed by atoms with E-state index in [1.807, 2.05) is 20.8 Å². The summed E-state index contributed by atoms with van der Waals surface area (Å²) in [6.45, 7) is 6.12. The first-order valence-electron chi connectivity index (χ1n) is 5.07. The first-order valence-corrected chi connectivity index (χ1v) is 6.27. The van der Waals surface area contributed by atoms with Gasteiger partial charge in [0.15, 0.2) is 0 Å². The minimum atomic E-state index is -0.142. The Morgan fingerprint density at radius 1 is 1.29 bits per heavy atom. The predicted molar refractivity (Wildman–Crippen MR) is 66.4 cm³/mol. The first-order chi connectivity index (χ1) is 7.95. The standard InChI is InChI=1S/C11H12ClN3OS/c1-11(2,3)9-14-7(12)6-8(15-9)17-10-13-4-5-16-10/h4-6H,1-3H3. The van der Waals surface area contributed by atoms with E-state index in [1.54, 1.807) is 12.3 Å². The number of hydrogen-bond donors (Lipinski definition) is 0. The van der Waals surface area contributed by atoms with Gasteiger partial charge in [0.2, 0.25) is 0 Å². The van der Waals surface area contributed by atoms with E-state index in [-0.39, 0.29) is 5.41 Å². The van der Waals surface area contributed by atoms with Crippen molar-refractivity contribution in [2.45, 2.75) is 36.4 Å². The average Bonchev–Trinajstić information content (AvgIpc) is 2.68. The van der Waals surface area contributed by atoms with Crippen molar-refractivity contribution in [3.05, 3.63) is 29.5 Å². The van der Waals surface area contributed by atoms with E-state index >= 15 is 0 Å². The Morgan fingerprint density at radius 3 is 2.65 bits per heavy atom. The van der Waals surface area contributed by atoms with E-state index in [0.717, 1.165) is 5.03 Å². The molecule has 0 aromatic carbocycles. The fourth-order valence-electron chi connectivity index (χ4n) is 1.13. The molecule has 0 aliphatic rings. The normalized spacial score (nSPS) is 11.8. The molecule has 2 rings (SSSR count). The van der Waals surface area contributed by atoms with Crippen LogP contribution in [0.25, 0.3) is 0 Å². The second kappa shape index (κ2) is 4.66. The highest BCUT2D eigenvalue weighted by molar-refractivity contribution is 7.99. The molecule has 0 saturated carbocycles. The number of nitrogens with zero attached hydrogens (tertiary/aromatic N) is 3. The SMILES string of the molecule is CC(C)(C)c1nc(Cl)cc(Sc2ncco2)n1. The number of halogens is 1. The van der Waals surface area contributed by atoms with Gasteiger partial charge in [-0.25, -0.2) is 15.0 Å². The molecule has 0 atom stereocenters. The molecule has 2 aromatic rings. The number of rotatable bonds is 2. The van der Waals surface area contributed by atoms with E-state index in [2.05, 4.69) is 15.0 Å². The van der Waals surface area contributed by atoms with Gasteiger partial charge in [-0.1, -0.05) is 32.4 Å². The number of oxazole rings is 1. The second-order valence-electron chi connectivity index (χ2n) is 4.50. The molecule has 0 N–H and O–H groups in total. The Labute approximate surface area is 109 Å². The summed E-state index contributed by atoms with van der Waals surface area (Å²) in [4.78, 5) is 12.7. The second-order valence-corrected chi connectivity index (χ2v) is 5.86. The molecule has 6 heteroatoms. The van der Waals surface area contributed by atoms with Crippen molar-refractivity contribution in [3.8, 4) is 0 Å². The monoisotopic (exact) mass is 269 g/mol. The molecule has 90 valence electrons. The third-order valence-corrected chi connectivity index (χ3v) is 2.93. The van der Waals surface area contributed by atoms with Crippen LogP contribution in [0.1, 0.15) is 26.6 Å². The summed E-state index contributed by atoms with van der Waals surface area (Å²) in [6, 6.07) is 1.70. The topological polar surface area (TPSA) is 51.8 Å². The molecule has 0 spiro atoms. The molecule has 0 bridgehead atoms. The number of hydrogen-bond acceptors (Lipinski definition) is 5. The van der Waals surface area contributed by atoms with E-state index in [1.165, 1.54) is 18.0 Å². The van der Waals surface area contributed by atoms with Crippen LogP contribution in [0.2, 0.25) is 5.15 Å². The van der Waals surface area contributed by atoms with Gasteiger partial charge in [-0.15, -0.1) is 0 Å². The first kappa shape index (κ1) is 12.4. The van der Waals surface area contributed by atoms with Crippen molar-refractivity contribution < 1.29 is 4.42 Å². The van der Waals surface area contributed by atoms with E-state index in [9.17, 15) is 0 Å². The summed E-state index contributed by atoms with van der Waals surface area (Å²) < 4.78 is 5.15. The van der Waals surface area contributed by atoms with E-state index in [4.69, 9.17) is 16.0 Å². The van der Waals surface area contributed by atoms with Crippen LogP contribution < -0.4 is 0 Å². The lowest BCUT2D eigenvalue weighted by Gasteiger charge is -2.16. The van der Waals surface area contributed by atoms with E-state index in [0.29, 0.717) is 16.2 Å². The van der Waals surface area contributed by atoms with Gasteiger partial charge in [0.1, 0.15) is 22.3 Å². The maximum Gasteiger partial charge on any atom is 0.261 e. The minimum absolute atomic E-state index is 0.142. The van der Waals surface area contributed by atoms with Crippen LogP contribution in [0.5, 0.6) is 0 Å². The summed E-state index contributed by atoms with van der Waals surface area (Å²) in [7, 11) is 0. The zero-order chi connectivity index (χ0) is 12.5. The van der Waals surface area contributed by atoms with Crippen LogP contribution >= 0.6 is 23.4 Å². The molecule has 0 saturated heterocycles. The van der Waals surface area contributed by atoms with Crippen molar-refractivity contribution in [3.63, 3.8) is 0 Å². The molecule has 4 nitrogen and oxygen atoms in total. The van der Waals surface area contributed by atoms with Gasteiger partial charge in [-0.05, 0) is 11.8 Å². The molecular formula is C11H12ClN3OS. The van der Waals surface area contributed by atoms with Crippen molar-refractivity contribution in [2.24, 2.45) is 0 Å². The van der Waals surface area contributed by atoms with E-state index < -0.39 is 0 Å². The molecule has 17 heavy (non-hydrogen) atoms. The summed E-state index contributed by atoms with van der Waals surface area (Å²) >= 11 is 7.31. The minimum Gasteiger partial charge on any atom is -0.440 e. The Kier molecular flexibility index (Phi) is 3.40. The molecule has 0 radical (unpaired) electrons. The lowest BCUT2D eigenvalue weighted by molar-refractivity contribution is 0.453. The lowest BCUT2D eigenvalue weighted by atomic mass is 9.96. The summed E-state index contributed by atoms with van der Waals surface area (Å²) in [5.74, 6) is 0.707. The van der Waals surface area contributed by atoms with Crippen LogP contribution in [-0.4, -0.2) is 15.0 Å². The zero-order valence-corrected chi connectivity index (χ0v) is 11.3. The van der Waals surface area contributed by atoms with Crippen LogP contribution in [0.4, 0.5) is 0 Å². The van der Waals surface area contributed by atoms with Crippen molar-refractivity contribution in [1.82, 2.24) is 15.0 Å². The molecule has 0 amide bonds. The predicted octanol–water partition coefficient (Wildman–Crippen LogP) is 3.57. The molecule has 0 unspecified atom stereocenters. The summed E-state index contributed by atoms with van der Waals surface area (Å²) in [6.07, 6.45) is 3.12. The van der Waals surface area contributed by atoms with Crippen LogP contribution in [0.3, 0.4) is 0 Å². The smallest absolute Gasteiger partial charge is 0.261 e. The van der Waals surface area contributed by atoms with Crippen molar-refractivity contribution in [2.75, 3.05) is 0 Å². The molecule has 2 aromatic heterocycles. The van der Waals surface area contributed by atoms with Crippen LogP contribution in [-0.2, 0) is 5.41 Å². The highest BCUT2D eigenvalue weighted by Crippen LogP contribution is 2.28. The Bertz CT molecular complexity index is 508. The van der Waals surface area contributed by atoms with Crippen LogP contribution in [0, 0.1) is 0 Å². The molecule has 0 aliphatic carbocycles. The lowest BCUT2D eigenvalue weighted by Crippen LogP contribution is -2.16. The van der Waals surface area contributed by atoms with Gasteiger partial charge in [0.25, 0.3) is 5.22 Å². The Balaban J connectivity index is 2.32. The molecule has 2 heterocycles. The Morgan fingerprint density at radius 2 is 2.06 bits per heavy atom. The van der Waals surface area contributed by atoms with Gasteiger partial charge >= 0.3 is 0 Å². The van der Waals surface area contributed by atoms with Gasteiger partial charge in [-0.3, -0.25) is 0 Å². The highest BCUT2D eigenvalue weighted by Gasteiger charge is 2.19. The van der Waals surface area contributed by atoms with Gasteiger partial charge in [0, 0.05) is 11.5 Å². The van der Waals surface area contributed by atoms with Crippen molar-refractivity contribution in [1.29, 1.82) is 0 Å². The third kappa shape index (κ3) is 3.20. The molecule has 0 aliphatic heterocycles.